The van der Waals surface area contributed by atoms with E-state index in [0.29, 0.717) is 12.1 Å². The molecule has 3 rings (SSSR count). The van der Waals surface area contributed by atoms with Gasteiger partial charge in [0, 0.05) is 17.8 Å². The molecule has 0 radical (unpaired) electrons. The quantitative estimate of drug-likeness (QED) is 0.788. The van der Waals surface area contributed by atoms with Crippen LogP contribution in [0.4, 0.5) is 0 Å². The van der Waals surface area contributed by atoms with Crippen LogP contribution in [0.3, 0.4) is 0 Å². The minimum absolute atomic E-state index is 0.672. The molecule has 82 valence electrons. The third kappa shape index (κ3) is 1.93. The highest BCUT2D eigenvalue weighted by atomic mass is 15.1. The highest BCUT2D eigenvalue weighted by Gasteiger charge is 2.30. The summed E-state index contributed by atoms with van der Waals surface area (Å²) in [6, 6.07) is 1.38. The van der Waals surface area contributed by atoms with Crippen LogP contribution in [0.25, 0.3) is 0 Å². The highest BCUT2D eigenvalue weighted by Crippen LogP contribution is 2.33. The molecule has 1 saturated carbocycles. The van der Waals surface area contributed by atoms with Gasteiger partial charge in [-0.1, -0.05) is 0 Å². The van der Waals surface area contributed by atoms with Crippen molar-refractivity contribution >= 4 is 0 Å². The monoisotopic (exact) mass is 205 g/mol. The summed E-state index contributed by atoms with van der Waals surface area (Å²) in [5, 5.41) is 11.0. The molecule has 1 heterocycles. The molecule has 1 fully saturated rings. The first-order valence-corrected chi connectivity index (χ1v) is 6.10. The lowest BCUT2D eigenvalue weighted by Gasteiger charge is -2.26. The topological polar surface area (TPSA) is 40.7 Å². The summed E-state index contributed by atoms with van der Waals surface area (Å²) in [5.41, 5.74) is 2.77. The minimum atomic E-state index is 0.672. The summed E-state index contributed by atoms with van der Waals surface area (Å²) in [4.78, 5) is 0. The van der Waals surface area contributed by atoms with Crippen molar-refractivity contribution in [3.8, 4) is 0 Å². The molecule has 1 aromatic heterocycles. The maximum absolute atomic E-state index is 4.11. The summed E-state index contributed by atoms with van der Waals surface area (Å²) in [6.45, 7) is 2.34. The second kappa shape index (κ2) is 3.63. The molecule has 1 aromatic rings. The third-order valence-corrected chi connectivity index (χ3v) is 3.84. The van der Waals surface area contributed by atoms with Gasteiger partial charge in [-0.15, -0.1) is 0 Å². The van der Waals surface area contributed by atoms with E-state index in [2.05, 4.69) is 22.4 Å². The van der Waals surface area contributed by atoms with Gasteiger partial charge in [-0.3, -0.25) is 5.10 Å². The van der Waals surface area contributed by atoms with Crippen molar-refractivity contribution in [1.29, 1.82) is 0 Å². The van der Waals surface area contributed by atoms with Crippen molar-refractivity contribution in [1.82, 2.24) is 15.5 Å². The largest absolute Gasteiger partial charge is 0.311 e. The Bertz CT molecular complexity index is 340. The SMILES string of the molecule is CC(NC1CCc2[nH]ncc2C1)C1CC1. The number of aryl methyl sites for hydroxylation is 1. The van der Waals surface area contributed by atoms with Crippen LogP contribution >= 0.6 is 0 Å². The Morgan fingerprint density at radius 1 is 1.47 bits per heavy atom. The number of nitrogens with one attached hydrogen (secondary N) is 2. The molecule has 2 unspecified atom stereocenters. The van der Waals surface area contributed by atoms with Gasteiger partial charge in [0.05, 0.1) is 6.20 Å². The Balaban J connectivity index is 1.60. The van der Waals surface area contributed by atoms with Crippen LogP contribution in [0.1, 0.15) is 37.4 Å². The van der Waals surface area contributed by atoms with Crippen molar-refractivity contribution in [2.75, 3.05) is 0 Å². The lowest BCUT2D eigenvalue weighted by atomic mass is 9.93. The molecule has 2 aliphatic carbocycles. The fourth-order valence-electron chi connectivity index (χ4n) is 2.66. The molecular weight excluding hydrogens is 186 g/mol. The lowest BCUT2D eigenvalue weighted by Crippen LogP contribution is -2.41. The van der Waals surface area contributed by atoms with Crippen LogP contribution in [0, 0.1) is 5.92 Å². The third-order valence-electron chi connectivity index (χ3n) is 3.84. The highest BCUT2D eigenvalue weighted by molar-refractivity contribution is 5.21. The van der Waals surface area contributed by atoms with E-state index in [1.165, 1.54) is 30.5 Å². The predicted molar refractivity (Wildman–Crippen MR) is 59.7 cm³/mol. The Morgan fingerprint density at radius 2 is 2.33 bits per heavy atom. The number of hydrogen-bond donors (Lipinski definition) is 2. The molecule has 0 spiro atoms. The number of hydrogen-bond acceptors (Lipinski definition) is 2. The molecule has 2 atom stereocenters. The molecular formula is C12H19N3. The van der Waals surface area contributed by atoms with E-state index in [1.807, 2.05) is 6.20 Å². The van der Waals surface area contributed by atoms with E-state index in [1.54, 1.807) is 0 Å². The Hall–Kier alpha value is -0.830. The summed E-state index contributed by atoms with van der Waals surface area (Å²) in [5.74, 6) is 0.954. The number of fused-ring (bicyclic) bond motifs is 1. The molecule has 0 bridgehead atoms. The molecule has 0 amide bonds. The second-order valence-corrected chi connectivity index (χ2v) is 5.11. The summed E-state index contributed by atoms with van der Waals surface area (Å²) < 4.78 is 0. The molecule has 3 nitrogen and oxygen atoms in total. The molecule has 0 saturated heterocycles. The standard InChI is InChI=1S/C12H19N3/c1-8(9-2-3-9)14-11-4-5-12-10(6-11)7-13-15-12/h7-9,11,14H,2-6H2,1H3,(H,13,15). The van der Waals surface area contributed by atoms with Gasteiger partial charge in [-0.05, 0) is 50.5 Å². The average Bonchev–Trinajstić information content (AvgIpc) is 2.98. The molecule has 0 aliphatic heterocycles. The van der Waals surface area contributed by atoms with E-state index in [0.717, 1.165) is 18.8 Å². The number of aromatic nitrogens is 2. The number of aromatic amines is 1. The van der Waals surface area contributed by atoms with Crippen LogP contribution in [0.2, 0.25) is 0 Å². The Morgan fingerprint density at radius 3 is 3.13 bits per heavy atom. The number of H-pyrrole nitrogens is 1. The van der Waals surface area contributed by atoms with Crippen LogP contribution in [-0.4, -0.2) is 22.3 Å². The Labute approximate surface area is 90.7 Å². The van der Waals surface area contributed by atoms with Gasteiger partial charge < -0.3 is 5.32 Å². The van der Waals surface area contributed by atoms with Crippen LogP contribution in [-0.2, 0) is 12.8 Å². The first-order chi connectivity index (χ1) is 7.33. The van der Waals surface area contributed by atoms with E-state index in [-0.39, 0.29) is 0 Å². The van der Waals surface area contributed by atoms with Crippen molar-refractivity contribution in [2.45, 2.75) is 51.1 Å². The molecule has 0 aromatic carbocycles. The second-order valence-electron chi connectivity index (χ2n) is 5.11. The first-order valence-electron chi connectivity index (χ1n) is 6.10. The summed E-state index contributed by atoms with van der Waals surface area (Å²) in [7, 11) is 0. The fourth-order valence-corrected chi connectivity index (χ4v) is 2.66. The normalized spacial score (nSPS) is 27.4. The van der Waals surface area contributed by atoms with E-state index in [4.69, 9.17) is 0 Å². The van der Waals surface area contributed by atoms with Gasteiger partial charge in [-0.2, -0.15) is 5.10 Å². The number of rotatable bonds is 3. The van der Waals surface area contributed by atoms with Crippen LogP contribution < -0.4 is 5.32 Å². The predicted octanol–water partition coefficient (Wildman–Crippen LogP) is 1.66. The fraction of sp³-hybridized carbons (Fsp3) is 0.750. The van der Waals surface area contributed by atoms with Gasteiger partial charge in [0.1, 0.15) is 0 Å². The van der Waals surface area contributed by atoms with Gasteiger partial charge in [0.15, 0.2) is 0 Å². The lowest BCUT2D eigenvalue weighted by molar-refractivity contribution is 0.383. The molecule has 15 heavy (non-hydrogen) atoms. The van der Waals surface area contributed by atoms with Crippen LogP contribution in [0.15, 0.2) is 6.20 Å². The zero-order valence-corrected chi connectivity index (χ0v) is 9.29. The first kappa shape index (κ1) is 9.40. The van der Waals surface area contributed by atoms with Crippen molar-refractivity contribution in [3.05, 3.63) is 17.5 Å². The smallest absolute Gasteiger partial charge is 0.0522 e. The summed E-state index contributed by atoms with van der Waals surface area (Å²) >= 11 is 0. The zero-order chi connectivity index (χ0) is 10.3. The Kier molecular flexibility index (Phi) is 2.28. The van der Waals surface area contributed by atoms with E-state index in [9.17, 15) is 0 Å². The van der Waals surface area contributed by atoms with Crippen molar-refractivity contribution in [2.24, 2.45) is 5.92 Å². The van der Waals surface area contributed by atoms with Gasteiger partial charge in [0.25, 0.3) is 0 Å². The van der Waals surface area contributed by atoms with E-state index < -0.39 is 0 Å². The molecule has 2 N–H and O–H groups in total. The molecule has 3 heteroatoms. The van der Waals surface area contributed by atoms with Gasteiger partial charge in [-0.25, -0.2) is 0 Å². The molecule has 2 aliphatic rings. The average molecular weight is 205 g/mol. The maximum atomic E-state index is 4.11. The number of nitrogens with zero attached hydrogens (tertiary/aromatic N) is 1. The van der Waals surface area contributed by atoms with Crippen molar-refractivity contribution in [3.63, 3.8) is 0 Å². The minimum Gasteiger partial charge on any atom is -0.311 e. The van der Waals surface area contributed by atoms with E-state index >= 15 is 0 Å². The van der Waals surface area contributed by atoms with Gasteiger partial charge >= 0.3 is 0 Å². The zero-order valence-electron chi connectivity index (χ0n) is 9.29. The van der Waals surface area contributed by atoms with Gasteiger partial charge in [0.2, 0.25) is 0 Å². The summed E-state index contributed by atoms with van der Waals surface area (Å²) in [6.07, 6.45) is 8.42. The maximum Gasteiger partial charge on any atom is 0.0522 e. The van der Waals surface area contributed by atoms with Crippen molar-refractivity contribution < 1.29 is 0 Å². The van der Waals surface area contributed by atoms with Crippen LogP contribution in [0.5, 0.6) is 0 Å².